The Morgan fingerprint density at radius 2 is 2.18 bits per heavy atom. The predicted octanol–water partition coefficient (Wildman–Crippen LogP) is 1.30. The molecule has 17 heavy (non-hydrogen) atoms. The van der Waals surface area contributed by atoms with Crippen LogP contribution < -0.4 is 5.32 Å². The van der Waals surface area contributed by atoms with Crippen molar-refractivity contribution in [2.45, 2.75) is 26.3 Å². The first-order chi connectivity index (χ1) is 8.08. The molecule has 2 N–H and O–H groups in total. The molecule has 0 aromatic heterocycles. The van der Waals surface area contributed by atoms with E-state index in [-0.39, 0.29) is 0 Å². The van der Waals surface area contributed by atoms with Crippen LogP contribution in [0.25, 0.3) is 0 Å². The molecule has 0 aromatic carbocycles. The quantitative estimate of drug-likeness (QED) is 0.558. The van der Waals surface area contributed by atoms with E-state index in [0.29, 0.717) is 44.7 Å². The van der Waals surface area contributed by atoms with Gasteiger partial charge in [0.1, 0.15) is 0 Å². The van der Waals surface area contributed by atoms with Crippen LogP contribution >= 0.6 is 0 Å². The Morgan fingerprint density at radius 1 is 1.53 bits per heavy atom. The predicted molar refractivity (Wildman–Crippen MR) is 63.9 cm³/mol. The molecule has 1 saturated heterocycles. The highest BCUT2D eigenvalue weighted by atomic mass is 28.4. The largest absolute Gasteiger partial charge is 0.501 e. The molecule has 100 valence electrons. The normalized spacial score (nSPS) is 28.9. The third-order valence-electron chi connectivity index (χ3n) is 2.48. The van der Waals surface area contributed by atoms with Gasteiger partial charge in [0.05, 0.1) is 0 Å². The van der Waals surface area contributed by atoms with Gasteiger partial charge < -0.3 is 23.7 Å². The van der Waals surface area contributed by atoms with E-state index in [1.165, 1.54) is 0 Å². The number of hydrogen-bond acceptors (Lipinski definition) is 4. The van der Waals surface area contributed by atoms with Crippen molar-refractivity contribution in [3.8, 4) is 0 Å². The van der Waals surface area contributed by atoms with Crippen molar-refractivity contribution < 1.29 is 23.2 Å². The van der Waals surface area contributed by atoms with Gasteiger partial charge in [-0.3, -0.25) is 0 Å². The van der Waals surface area contributed by atoms with E-state index >= 15 is 0 Å². The first-order valence-corrected chi connectivity index (χ1v) is 7.90. The minimum atomic E-state index is -2.53. The molecule has 0 radical (unpaired) electrons. The second-order valence-electron chi connectivity index (χ2n) is 4.18. The smallest absolute Gasteiger partial charge is 0.465 e. The summed E-state index contributed by atoms with van der Waals surface area (Å²) in [5.41, 5.74) is 0. The highest BCUT2D eigenvalue weighted by Crippen LogP contribution is 2.23. The zero-order valence-corrected chi connectivity index (χ0v) is 11.4. The summed E-state index contributed by atoms with van der Waals surface area (Å²) >= 11 is 0. The molecule has 0 saturated carbocycles. The number of amides is 1. The Hall–Kier alpha value is -0.633. The molecular formula is C10H21NO5Si. The highest BCUT2D eigenvalue weighted by molar-refractivity contribution is 6.60. The van der Waals surface area contributed by atoms with Crippen molar-refractivity contribution in [1.82, 2.24) is 5.32 Å². The van der Waals surface area contributed by atoms with Gasteiger partial charge in [-0.05, 0) is 13.3 Å². The van der Waals surface area contributed by atoms with E-state index < -0.39 is 14.9 Å². The van der Waals surface area contributed by atoms with Crippen molar-refractivity contribution in [3.63, 3.8) is 0 Å². The summed E-state index contributed by atoms with van der Waals surface area (Å²) in [6.07, 6.45) is -0.330. The summed E-state index contributed by atoms with van der Waals surface area (Å²) < 4.78 is 17.1. The molecule has 1 aliphatic heterocycles. The minimum absolute atomic E-state index is 0.397. The summed E-state index contributed by atoms with van der Waals surface area (Å²) in [5.74, 6) is 0.397. The van der Waals surface area contributed by atoms with Crippen molar-refractivity contribution in [2.75, 3.05) is 26.4 Å². The summed E-state index contributed by atoms with van der Waals surface area (Å²) in [6, 6.07) is 0.661. The fraction of sp³-hybridized carbons (Fsp3) is 0.900. The van der Waals surface area contributed by atoms with Crippen molar-refractivity contribution in [2.24, 2.45) is 5.92 Å². The van der Waals surface area contributed by atoms with E-state index in [2.05, 4.69) is 12.2 Å². The van der Waals surface area contributed by atoms with E-state index in [1.54, 1.807) is 0 Å². The Bertz CT molecular complexity index is 243. The molecule has 1 rings (SSSR count). The number of carbonyl (C=O) groups is 1. The molecule has 7 heteroatoms. The van der Waals surface area contributed by atoms with Gasteiger partial charge in [0.15, 0.2) is 0 Å². The van der Waals surface area contributed by atoms with Gasteiger partial charge in [-0.2, -0.15) is 0 Å². The van der Waals surface area contributed by atoms with Crippen molar-refractivity contribution in [3.05, 3.63) is 0 Å². The molecule has 0 aromatic rings. The van der Waals surface area contributed by atoms with E-state index in [9.17, 15) is 4.79 Å². The average Bonchev–Trinajstić information content (AvgIpc) is 2.29. The zero-order valence-electron chi connectivity index (χ0n) is 10.4. The van der Waals surface area contributed by atoms with Crippen LogP contribution in [0, 0.1) is 5.92 Å². The Labute approximate surface area is 103 Å². The Balaban J connectivity index is 2.34. The molecule has 0 atom stereocenters. The number of hydrogen-bond donors (Lipinski definition) is 2. The maximum atomic E-state index is 10.3. The Morgan fingerprint density at radius 3 is 2.71 bits per heavy atom. The minimum Gasteiger partial charge on any atom is -0.465 e. The number of nitrogens with one attached hydrogen (secondary N) is 1. The molecule has 0 bridgehead atoms. The van der Waals surface area contributed by atoms with Gasteiger partial charge in [-0.25, -0.2) is 4.79 Å². The third-order valence-corrected chi connectivity index (χ3v) is 5.38. The molecule has 6 nitrogen and oxygen atoms in total. The molecule has 0 aliphatic carbocycles. The molecular weight excluding hydrogens is 242 g/mol. The van der Waals surface area contributed by atoms with Crippen molar-refractivity contribution >= 4 is 14.9 Å². The SMILES string of the molecule is CCO[Si]1(CCCNC(=O)O)OCC(C)CO1. The molecule has 1 heterocycles. The summed E-state index contributed by atoms with van der Waals surface area (Å²) in [7, 11) is -2.53. The highest BCUT2D eigenvalue weighted by Gasteiger charge is 2.43. The van der Waals surface area contributed by atoms with Crippen LogP contribution in [0.1, 0.15) is 20.3 Å². The second-order valence-corrected chi connectivity index (χ2v) is 6.91. The monoisotopic (exact) mass is 263 g/mol. The lowest BCUT2D eigenvalue weighted by Crippen LogP contribution is -2.51. The standard InChI is InChI=1S/C10H21NO5Si/c1-3-14-17(6-4-5-11-10(12)13)15-7-9(2)8-16-17/h9,11H,3-8H2,1-2H3,(H,12,13). The summed E-state index contributed by atoms with van der Waals surface area (Å²) in [4.78, 5) is 10.3. The lowest BCUT2D eigenvalue weighted by molar-refractivity contribution is -0.00280. The molecule has 0 unspecified atom stereocenters. The van der Waals surface area contributed by atoms with Gasteiger partial charge in [-0.15, -0.1) is 0 Å². The van der Waals surface area contributed by atoms with Crippen LogP contribution in [-0.2, 0) is 13.3 Å². The van der Waals surface area contributed by atoms with E-state index in [0.717, 1.165) is 0 Å². The third kappa shape index (κ3) is 5.03. The van der Waals surface area contributed by atoms with Crippen LogP contribution in [-0.4, -0.2) is 46.4 Å². The van der Waals surface area contributed by atoms with Crippen LogP contribution in [0.4, 0.5) is 4.79 Å². The van der Waals surface area contributed by atoms with Gasteiger partial charge in [0, 0.05) is 38.3 Å². The zero-order chi connectivity index (χ0) is 12.7. The first-order valence-electron chi connectivity index (χ1n) is 5.96. The van der Waals surface area contributed by atoms with Crippen LogP contribution in [0.3, 0.4) is 0 Å². The summed E-state index contributed by atoms with van der Waals surface area (Å²) in [5, 5.41) is 10.8. The molecule has 0 spiro atoms. The number of carboxylic acid groups (broad SMARTS) is 1. The molecule has 1 amide bonds. The fourth-order valence-corrected chi connectivity index (χ4v) is 4.46. The topological polar surface area (TPSA) is 77.0 Å². The lowest BCUT2D eigenvalue weighted by Gasteiger charge is -2.35. The fourth-order valence-electron chi connectivity index (χ4n) is 1.65. The summed E-state index contributed by atoms with van der Waals surface area (Å²) in [6.45, 7) is 6.27. The van der Waals surface area contributed by atoms with Gasteiger partial charge in [-0.1, -0.05) is 6.92 Å². The van der Waals surface area contributed by atoms with Gasteiger partial charge in [0.2, 0.25) is 0 Å². The Kier molecular flexibility index (Phi) is 5.90. The van der Waals surface area contributed by atoms with Crippen molar-refractivity contribution in [1.29, 1.82) is 0 Å². The lowest BCUT2D eigenvalue weighted by atomic mass is 10.2. The first kappa shape index (κ1) is 14.4. The van der Waals surface area contributed by atoms with Crippen LogP contribution in [0.15, 0.2) is 0 Å². The van der Waals surface area contributed by atoms with Crippen LogP contribution in [0.2, 0.25) is 6.04 Å². The maximum Gasteiger partial charge on any atom is 0.501 e. The van der Waals surface area contributed by atoms with E-state index in [1.807, 2.05) is 6.92 Å². The number of rotatable bonds is 6. The van der Waals surface area contributed by atoms with Crippen LogP contribution in [0.5, 0.6) is 0 Å². The van der Waals surface area contributed by atoms with E-state index in [4.69, 9.17) is 18.4 Å². The van der Waals surface area contributed by atoms with Gasteiger partial charge in [0.25, 0.3) is 0 Å². The average molecular weight is 263 g/mol. The molecule has 1 fully saturated rings. The molecule has 1 aliphatic rings. The second kappa shape index (κ2) is 6.95. The van der Waals surface area contributed by atoms with Gasteiger partial charge >= 0.3 is 14.9 Å². The maximum absolute atomic E-state index is 10.3.